The number of nitrogen functional groups attached to an aromatic ring is 1. The summed E-state index contributed by atoms with van der Waals surface area (Å²) in [5.74, 6) is 5.77. The Balaban J connectivity index is 2.95. The lowest BCUT2D eigenvalue weighted by atomic mass is 10.2. The Morgan fingerprint density at radius 1 is 1.55 bits per heavy atom. The predicted molar refractivity (Wildman–Crippen MR) is 48.8 cm³/mol. The molecule has 62 valence electrons. The first-order valence-electron chi connectivity index (χ1n) is 3.59. The second-order valence-corrected chi connectivity index (χ2v) is 3.80. The summed E-state index contributed by atoms with van der Waals surface area (Å²) < 4.78 is 0. The van der Waals surface area contributed by atoms with Crippen molar-refractivity contribution in [1.82, 2.24) is 4.98 Å². The van der Waals surface area contributed by atoms with Crippen LogP contribution in [0.4, 0.5) is 5.00 Å². The van der Waals surface area contributed by atoms with E-state index in [2.05, 4.69) is 24.3 Å². The molecule has 3 N–H and O–H groups in total. The van der Waals surface area contributed by atoms with Crippen LogP contribution in [0.15, 0.2) is 0 Å². The van der Waals surface area contributed by atoms with Crippen LogP contribution in [0.3, 0.4) is 0 Å². The lowest BCUT2D eigenvalue weighted by molar-refractivity contribution is 0.847. The van der Waals surface area contributed by atoms with Crippen LogP contribution in [0.5, 0.6) is 0 Å². The highest BCUT2D eigenvalue weighted by molar-refractivity contribution is 7.15. The molecule has 0 aliphatic heterocycles. The van der Waals surface area contributed by atoms with E-state index >= 15 is 0 Å². The Morgan fingerprint density at radius 2 is 2.18 bits per heavy atom. The van der Waals surface area contributed by atoms with Gasteiger partial charge in [0.25, 0.3) is 0 Å². The van der Waals surface area contributed by atoms with Crippen LogP contribution in [0.2, 0.25) is 0 Å². The molecule has 0 saturated carbocycles. The first-order chi connectivity index (χ1) is 5.15. The van der Waals surface area contributed by atoms with Crippen molar-refractivity contribution >= 4 is 16.3 Å². The summed E-state index contributed by atoms with van der Waals surface area (Å²) >= 11 is 1.62. The average molecular weight is 171 g/mol. The fourth-order valence-electron chi connectivity index (χ4n) is 0.798. The number of nitrogens with two attached hydrogens (primary N) is 1. The topological polar surface area (TPSA) is 50.9 Å². The summed E-state index contributed by atoms with van der Waals surface area (Å²) in [5, 5.41) is 2.10. The first kappa shape index (κ1) is 8.49. The van der Waals surface area contributed by atoms with Gasteiger partial charge in [-0.3, -0.25) is 0 Å². The third kappa shape index (κ3) is 1.70. The third-order valence-corrected chi connectivity index (χ3v) is 2.83. The van der Waals surface area contributed by atoms with Crippen molar-refractivity contribution < 1.29 is 0 Å². The van der Waals surface area contributed by atoms with Gasteiger partial charge < -0.3 is 5.43 Å². The van der Waals surface area contributed by atoms with Gasteiger partial charge in [0.2, 0.25) is 0 Å². The lowest BCUT2D eigenvalue weighted by Gasteiger charge is -1.95. The van der Waals surface area contributed by atoms with Gasteiger partial charge in [0, 0.05) is 5.92 Å². The molecule has 4 heteroatoms. The normalized spacial score (nSPS) is 10.6. The largest absolute Gasteiger partial charge is 0.314 e. The van der Waals surface area contributed by atoms with Crippen LogP contribution >= 0.6 is 11.3 Å². The van der Waals surface area contributed by atoms with E-state index in [0.29, 0.717) is 5.92 Å². The molecule has 0 aliphatic carbocycles. The summed E-state index contributed by atoms with van der Waals surface area (Å²) in [6.07, 6.45) is 0. The SMILES string of the molecule is Cc1nc(C(C)C)sc1NN. The fraction of sp³-hybridized carbons (Fsp3) is 0.571. The number of hydrogen-bond donors (Lipinski definition) is 2. The van der Waals surface area contributed by atoms with E-state index < -0.39 is 0 Å². The van der Waals surface area contributed by atoms with Crippen LogP contribution in [-0.4, -0.2) is 4.98 Å². The summed E-state index contributed by atoms with van der Waals surface area (Å²) in [6, 6.07) is 0. The molecule has 11 heavy (non-hydrogen) atoms. The van der Waals surface area contributed by atoms with Gasteiger partial charge >= 0.3 is 0 Å². The summed E-state index contributed by atoms with van der Waals surface area (Å²) in [6.45, 7) is 6.20. The quantitative estimate of drug-likeness (QED) is 0.527. The van der Waals surface area contributed by atoms with Crippen LogP contribution in [0.1, 0.15) is 30.5 Å². The molecular formula is C7H13N3S. The minimum absolute atomic E-state index is 0.487. The number of hydrogen-bond acceptors (Lipinski definition) is 4. The standard InChI is InChI=1S/C7H13N3S/c1-4(2)6-9-5(3)7(10-8)11-6/h4,10H,8H2,1-3H3. The molecule has 0 unspecified atom stereocenters. The van der Waals surface area contributed by atoms with E-state index in [1.807, 2.05) is 6.92 Å². The smallest absolute Gasteiger partial charge is 0.126 e. The van der Waals surface area contributed by atoms with Crippen molar-refractivity contribution in [2.24, 2.45) is 5.84 Å². The summed E-state index contributed by atoms with van der Waals surface area (Å²) in [4.78, 5) is 4.36. The number of nitrogens with zero attached hydrogens (tertiary/aromatic N) is 1. The number of thiazole rings is 1. The molecule has 0 aromatic carbocycles. The average Bonchev–Trinajstić information content (AvgIpc) is 2.31. The molecule has 0 fully saturated rings. The van der Waals surface area contributed by atoms with E-state index in [1.165, 1.54) is 0 Å². The number of rotatable bonds is 2. The van der Waals surface area contributed by atoms with Crippen molar-refractivity contribution in [1.29, 1.82) is 0 Å². The number of aromatic nitrogens is 1. The van der Waals surface area contributed by atoms with Crippen molar-refractivity contribution in [2.45, 2.75) is 26.7 Å². The Hall–Kier alpha value is -0.610. The van der Waals surface area contributed by atoms with E-state index in [-0.39, 0.29) is 0 Å². The molecule has 0 amide bonds. The zero-order chi connectivity index (χ0) is 8.43. The van der Waals surface area contributed by atoms with E-state index in [9.17, 15) is 0 Å². The van der Waals surface area contributed by atoms with Gasteiger partial charge in [-0.15, -0.1) is 0 Å². The van der Waals surface area contributed by atoms with Gasteiger partial charge in [-0.25, -0.2) is 10.8 Å². The summed E-state index contributed by atoms with van der Waals surface area (Å²) in [5.41, 5.74) is 3.61. The third-order valence-electron chi connectivity index (χ3n) is 1.44. The maximum atomic E-state index is 5.28. The molecule has 1 aromatic heterocycles. The van der Waals surface area contributed by atoms with E-state index in [1.54, 1.807) is 11.3 Å². The van der Waals surface area contributed by atoms with Crippen molar-refractivity contribution in [3.05, 3.63) is 10.7 Å². The molecular weight excluding hydrogens is 158 g/mol. The minimum atomic E-state index is 0.487. The van der Waals surface area contributed by atoms with Crippen molar-refractivity contribution in [2.75, 3.05) is 5.43 Å². The van der Waals surface area contributed by atoms with Gasteiger partial charge in [-0.05, 0) is 6.92 Å². The fourth-order valence-corrected chi connectivity index (χ4v) is 1.68. The summed E-state index contributed by atoms with van der Waals surface area (Å²) in [7, 11) is 0. The van der Waals surface area contributed by atoms with E-state index in [0.717, 1.165) is 15.7 Å². The van der Waals surface area contributed by atoms with Gasteiger partial charge in [0.1, 0.15) is 5.00 Å². The number of aryl methyl sites for hydroxylation is 1. The van der Waals surface area contributed by atoms with Gasteiger partial charge in [-0.2, -0.15) is 0 Å². The van der Waals surface area contributed by atoms with Crippen LogP contribution in [0.25, 0.3) is 0 Å². The first-order valence-corrected chi connectivity index (χ1v) is 4.40. The van der Waals surface area contributed by atoms with Crippen molar-refractivity contribution in [3.63, 3.8) is 0 Å². The Labute approximate surface area is 70.6 Å². The molecule has 0 aliphatic rings. The zero-order valence-corrected chi connectivity index (χ0v) is 7.83. The van der Waals surface area contributed by atoms with Crippen LogP contribution in [-0.2, 0) is 0 Å². The number of nitrogens with one attached hydrogen (secondary N) is 1. The lowest BCUT2D eigenvalue weighted by Crippen LogP contribution is -2.05. The molecule has 0 spiro atoms. The molecule has 0 radical (unpaired) electrons. The molecule has 1 aromatic rings. The Kier molecular flexibility index (Phi) is 2.46. The monoisotopic (exact) mass is 171 g/mol. The molecule has 0 bridgehead atoms. The van der Waals surface area contributed by atoms with E-state index in [4.69, 9.17) is 5.84 Å². The molecule has 1 heterocycles. The van der Waals surface area contributed by atoms with Crippen LogP contribution < -0.4 is 11.3 Å². The number of hydrazine groups is 1. The molecule has 3 nitrogen and oxygen atoms in total. The highest BCUT2D eigenvalue weighted by atomic mass is 32.1. The van der Waals surface area contributed by atoms with Gasteiger partial charge in [-0.1, -0.05) is 25.2 Å². The molecule has 0 saturated heterocycles. The maximum absolute atomic E-state index is 5.28. The minimum Gasteiger partial charge on any atom is -0.314 e. The second-order valence-electron chi connectivity index (χ2n) is 2.77. The Morgan fingerprint density at radius 3 is 2.45 bits per heavy atom. The van der Waals surface area contributed by atoms with Gasteiger partial charge in [0.15, 0.2) is 0 Å². The van der Waals surface area contributed by atoms with Gasteiger partial charge in [0.05, 0.1) is 10.7 Å². The molecule has 0 atom stereocenters. The molecule has 1 rings (SSSR count). The number of anilines is 1. The predicted octanol–water partition coefficient (Wildman–Crippen LogP) is 1.86. The second kappa shape index (κ2) is 3.19. The highest BCUT2D eigenvalue weighted by Gasteiger charge is 2.08. The van der Waals surface area contributed by atoms with Crippen molar-refractivity contribution in [3.8, 4) is 0 Å². The maximum Gasteiger partial charge on any atom is 0.126 e. The van der Waals surface area contributed by atoms with Crippen LogP contribution in [0, 0.1) is 6.92 Å². The zero-order valence-electron chi connectivity index (χ0n) is 7.01. The Bertz CT molecular complexity index is 242. The highest BCUT2D eigenvalue weighted by Crippen LogP contribution is 2.27.